The van der Waals surface area contributed by atoms with E-state index in [0.29, 0.717) is 12.2 Å². The minimum absolute atomic E-state index is 0.0477. The molecule has 1 saturated heterocycles. The highest BCUT2D eigenvalue weighted by Crippen LogP contribution is 2.45. The van der Waals surface area contributed by atoms with Crippen LogP contribution < -0.4 is 0 Å². The molecule has 3 nitrogen and oxygen atoms in total. The second kappa shape index (κ2) is 4.59. The Morgan fingerprint density at radius 2 is 2.11 bits per heavy atom. The van der Waals surface area contributed by atoms with E-state index in [0.717, 1.165) is 19.3 Å². The van der Waals surface area contributed by atoms with Crippen molar-refractivity contribution in [2.75, 3.05) is 6.61 Å². The summed E-state index contributed by atoms with van der Waals surface area (Å²) in [6, 6.07) is 9.08. The molecule has 2 aliphatic rings. The SMILES string of the molecule is O=C(OC1CC[C@]2(S)CCO[C@H]12)c1ccccc1. The first-order valence-electron chi connectivity index (χ1n) is 6.29. The molecule has 3 rings (SSSR count). The molecule has 0 N–H and O–H groups in total. The first kappa shape index (κ1) is 12.1. The monoisotopic (exact) mass is 264 g/mol. The zero-order chi connectivity index (χ0) is 12.6. The Labute approximate surface area is 112 Å². The molecule has 1 aliphatic carbocycles. The Morgan fingerprint density at radius 3 is 2.89 bits per heavy atom. The van der Waals surface area contributed by atoms with Crippen molar-refractivity contribution in [3.05, 3.63) is 35.9 Å². The van der Waals surface area contributed by atoms with Crippen molar-refractivity contribution in [3.8, 4) is 0 Å². The van der Waals surface area contributed by atoms with E-state index >= 15 is 0 Å². The van der Waals surface area contributed by atoms with Crippen LogP contribution in [0.25, 0.3) is 0 Å². The molecule has 1 aliphatic heterocycles. The number of carbonyl (C=O) groups excluding carboxylic acids is 1. The van der Waals surface area contributed by atoms with E-state index in [1.165, 1.54) is 0 Å². The number of carbonyl (C=O) groups is 1. The van der Waals surface area contributed by atoms with Gasteiger partial charge in [0.25, 0.3) is 0 Å². The molecule has 4 heteroatoms. The average molecular weight is 264 g/mol. The summed E-state index contributed by atoms with van der Waals surface area (Å²) in [6.07, 6.45) is 2.53. The van der Waals surface area contributed by atoms with Crippen LogP contribution in [0.3, 0.4) is 0 Å². The standard InChI is InChI=1S/C14H16O3S/c15-13(10-4-2-1-3-5-10)17-11-6-7-14(18)8-9-16-12(11)14/h1-5,11-12,18H,6-9H2/t11?,12-,14+/m1/s1. The van der Waals surface area contributed by atoms with Gasteiger partial charge in [0.15, 0.2) is 0 Å². The number of ether oxygens (including phenoxy) is 2. The molecule has 0 spiro atoms. The van der Waals surface area contributed by atoms with Crippen molar-refractivity contribution in [1.29, 1.82) is 0 Å². The number of fused-ring (bicyclic) bond motifs is 1. The predicted octanol–water partition coefficient (Wildman–Crippen LogP) is 2.46. The van der Waals surface area contributed by atoms with Crippen molar-refractivity contribution in [2.45, 2.75) is 36.2 Å². The lowest BCUT2D eigenvalue weighted by Gasteiger charge is -2.23. The number of esters is 1. The first-order valence-corrected chi connectivity index (χ1v) is 6.74. The molecule has 1 aromatic carbocycles. The molecule has 0 bridgehead atoms. The fourth-order valence-corrected chi connectivity index (χ4v) is 3.29. The summed E-state index contributed by atoms with van der Waals surface area (Å²) in [6.45, 7) is 0.716. The molecule has 18 heavy (non-hydrogen) atoms. The maximum Gasteiger partial charge on any atom is 0.338 e. The Balaban J connectivity index is 1.69. The van der Waals surface area contributed by atoms with Crippen LogP contribution in [0.1, 0.15) is 29.6 Å². The van der Waals surface area contributed by atoms with Gasteiger partial charge in [0.05, 0.1) is 5.56 Å². The molecular weight excluding hydrogens is 248 g/mol. The third kappa shape index (κ3) is 2.04. The summed E-state index contributed by atoms with van der Waals surface area (Å²) in [5.74, 6) is -0.270. The highest BCUT2D eigenvalue weighted by Gasteiger charge is 2.52. The fourth-order valence-electron chi connectivity index (χ4n) is 2.82. The van der Waals surface area contributed by atoms with Crippen LogP contribution in [0.2, 0.25) is 0 Å². The average Bonchev–Trinajstić information content (AvgIpc) is 2.89. The number of thiol groups is 1. The molecule has 3 atom stereocenters. The second-order valence-corrected chi connectivity index (χ2v) is 5.88. The minimum atomic E-state index is -0.270. The third-order valence-electron chi connectivity index (χ3n) is 3.83. The van der Waals surface area contributed by atoms with Crippen LogP contribution in [0.15, 0.2) is 30.3 Å². The van der Waals surface area contributed by atoms with Crippen molar-refractivity contribution in [2.24, 2.45) is 0 Å². The van der Waals surface area contributed by atoms with Gasteiger partial charge in [-0.2, -0.15) is 12.6 Å². The van der Waals surface area contributed by atoms with E-state index in [-0.39, 0.29) is 22.9 Å². The zero-order valence-electron chi connectivity index (χ0n) is 10.0. The van der Waals surface area contributed by atoms with E-state index in [9.17, 15) is 4.79 Å². The molecule has 1 unspecified atom stereocenters. The Bertz CT molecular complexity index is 448. The smallest absolute Gasteiger partial charge is 0.338 e. The lowest BCUT2D eigenvalue weighted by molar-refractivity contribution is -0.0199. The lowest BCUT2D eigenvalue weighted by Crippen LogP contribution is -2.35. The molecule has 1 saturated carbocycles. The van der Waals surface area contributed by atoms with Crippen LogP contribution in [-0.4, -0.2) is 29.5 Å². The van der Waals surface area contributed by atoms with Crippen molar-refractivity contribution in [3.63, 3.8) is 0 Å². The number of hydrogen-bond donors (Lipinski definition) is 1. The summed E-state index contributed by atoms with van der Waals surface area (Å²) < 4.78 is 11.1. The maximum atomic E-state index is 12.0. The maximum absolute atomic E-state index is 12.0. The van der Waals surface area contributed by atoms with E-state index in [2.05, 4.69) is 0 Å². The number of hydrogen-bond acceptors (Lipinski definition) is 4. The van der Waals surface area contributed by atoms with Gasteiger partial charge in [-0.3, -0.25) is 0 Å². The molecule has 2 fully saturated rings. The Morgan fingerprint density at radius 1 is 1.33 bits per heavy atom. The Hall–Kier alpha value is -1.00. The van der Waals surface area contributed by atoms with Gasteiger partial charge in [-0.1, -0.05) is 18.2 Å². The fraction of sp³-hybridized carbons (Fsp3) is 0.500. The quantitative estimate of drug-likeness (QED) is 0.658. The first-order chi connectivity index (χ1) is 8.69. The predicted molar refractivity (Wildman–Crippen MR) is 71.0 cm³/mol. The van der Waals surface area contributed by atoms with Gasteiger partial charge in [0.2, 0.25) is 0 Å². The van der Waals surface area contributed by atoms with Crippen LogP contribution in [0.5, 0.6) is 0 Å². The van der Waals surface area contributed by atoms with Gasteiger partial charge in [0.1, 0.15) is 12.2 Å². The van der Waals surface area contributed by atoms with Gasteiger partial charge in [-0.25, -0.2) is 4.79 Å². The van der Waals surface area contributed by atoms with Gasteiger partial charge in [-0.05, 0) is 31.4 Å². The summed E-state index contributed by atoms with van der Waals surface area (Å²) in [4.78, 5) is 12.0. The van der Waals surface area contributed by atoms with Gasteiger partial charge in [-0.15, -0.1) is 0 Å². The summed E-state index contributed by atoms with van der Waals surface area (Å²) >= 11 is 4.69. The van der Waals surface area contributed by atoms with Gasteiger partial charge in [0, 0.05) is 11.4 Å². The second-order valence-electron chi connectivity index (χ2n) is 4.99. The summed E-state index contributed by atoms with van der Waals surface area (Å²) in [5.41, 5.74) is 0.590. The normalized spacial score (nSPS) is 34.3. The van der Waals surface area contributed by atoms with Crippen LogP contribution in [0, 0.1) is 0 Å². The molecular formula is C14H16O3S. The van der Waals surface area contributed by atoms with E-state index in [4.69, 9.17) is 22.1 Å². The minimum Gasteiger partial charge on any atom is -0.456 e. The van der Waals surface area contributed by atoms with Gasteiger partial charge < -0.3 is 9.47 Å². The molecule has 1 aromatic rings. The third-order valence-corrected chi connectivity index (χ3v) is 4.53. The number of benzene rings is 1. The summed E-state index contributed by atoms with van der Waals surface area (Å²) in [5, 5.41) is 0. The molecule has 0 radical (unpaired) electrons. The zero-order valence-corrected chi connectivity index (χ0v) is 10.9. The largest absolute Gasteiger partial charge is 0.456 e. The summed E-state index contributed by atoms with van der Waals surface area (Å²) in [7, 11) is 0. The molecule has 0 amide bonds. The highest BCUT2D eigenvalue weighted by molar-refractivity contribution is 7.81. The number of rotatable bonds is 2. The van der Waals surface area contributed by atoms with E-state index in [1.54, 1.807) is 12.1 Å². The molecule has 1 heterocycles. The topological polar surface area (TPSA) is 35.5 Å². The van der Waals surface area contributed by atoms with Crippen molar-refractivity contribution in [1.82, 2.24) is 0 Å². The lowest BCUT2D eigenvalue weighted by atomic mass is 10.0. The van der Waals surface area contributed by atoms with Crippen molar-refractivity contribution >= 4 is 18.6 Å². The van der Waals surface area contributed by atoms with Crippen LogP contribution in [0.4, 0.5) is 0 Å². The van der Waals surface area contributed by atoms with Crippen molar-refractivity contribution < 1.29 is 14.3 Å². The molecule has 0 aromatic heterocycles. The van der Waals surface area contributed by atoms with Crippen LogP contribution >= 0.6 is 12.6 Å². The molecule has 96 valence electrons. The van der Waals surface area contributed by atoms with Crippen LogP contribution in [-0.2, 0) is 9.47 Å². The van der Waals surface area contributed by atoms with Gasteiger partial charge >= 0.3 is 5.97 Å². The highest BCUT2D eigenvalue weighted by atomic mass is 32.1. The van der Waals surface area contributed by atoms with E-state index < -0.39 is 0 Å². The Kier molecular flexibility index (Phi) is 3.08. The van der Waals surface area contributed by atoms with E-state index in [1.807, 2.05) is 18.2 Å².